The van der Waals surface area contributed by atoms with E-state index < -0.39 is 21.3 Å². The van der Waals surface area contributed by atoms with Gasteiger partial charge in [-0.05, 0) is 0 Å². The number of allylic oxidation sites excluding steroid dienone is 4. The summed E-state index contributed by atoms with van der Waals surface area (Å²) < 4.78 is 5.57. The molecule has 3 aromatic rings. The predicted molar refractivity (Wildman–Crippen MR) is 142 cm³/mol. The van der Waals surface area contributed by atoms with Gasteiger partial charge in [-0.1, -0.05) is 0 Å². The normalized spacial score (nSPS) is 16.3. The van der Waals surface area contributed by atoms with Crippen LogP contribution in [0.15, 0.2) is 74.7 Å². The summed E-state index contributed by atoms with van der Waals surface area (Å²) in [4.78, 5) is 0. The molecule has 6 rings (SSSR count). The summed E-state index contributed by atoms with van der Waals surface area (Å²) in [5.74, 6) is 0. The SMILES string of the molecule is C1=CC(c2ccsc2)=[C]([Zr](=[C]2CCCCC2)[c]2cccc3c2Cc2ccccc2-3)C1.Cl.Cl. The molecule has 3 aliphatic rings. The average molecular weight is 559 g/mol. The van der Waals surface area contributed by atoms with Crippen molar-refractivity contribution in [3.63, 3.8) is 0 Å². The van der Waals surface area contributed by atoms with E-state index in [0.29, 0.717) is 0 Å². The summed E-state index contributed by atoms with van der Waals surface area (Å²) in [5, 5.41) is 4.59. The van der Waals surface area contributed by atoms with E-state index in [1.54, 1.807) is 14.4 Å². The van der Waals surface area contributed by atoms with Gasteiger partial charge in [0.2, 0.25) is 0 Å². The monoisotopic (exact) mass is 556 g/mol. The van der Waals surface area contributed by atoms with Gasteiger partial charge in [-0.25, -0.2) is 0 Å². The third-order valence-electron chi connectivity index (χ3n) is 7.00. The minimum atomic E-state index is -2.13. The number of hydrogen-bond acceptors (Lipinski definition) is 1. The molecular weight excluding hydrogens is 531 g/mol. The zero-order valence-electron chi connectivity index (χ0n) is 18.1. The standard InChI is InChI=1S/C13H9.C9H7S.C6H10.2ClH.Zr/c1-3-7-12-10(5-1)9-11-6-2-4-8-13(11)12;1-2-4-8(3-1)9-5-6-10-7-9;1-2-4-6-5-3-1;;;/h1-5,7-8H,9H2;1,3,5-7H,2H2;1-5H2;2*1H;. The van der Waals surface area contributed by atoms with Gasteiger partial charge in [0.15, 0.2) is 0 Å². The first-order valence-corrected chi connectivity index (χ1v) is 15.9. The van der Waals surface area contributed by atoms with Crippen molar-refractivity contribution in [3.8, 4) is 11.1 Å². The summed E-state index contributed by atoms with van der Waals surface area (Å²) in [6, 6.07) is 18.7. The Balaban J connectivity index is 0.00000122. The van der Waals surface area contributed by atoms with E-state index >= 15 is 0 Å². The van der Waals surface area contributed by atoms with Crippen LogP contribution in [0.25, 0.3) is 16.7 Å². The number of benzene rings is 2. The van der Waals surface area contributed by atoms with Crippen molar-refractivity contribution in [2.24, 2.45) is 0 Å². The van der Waals surface area contributed by atoms with Crippen molar-refractivity contribution in [2.45, 2.75) is 44.9 Å². The zero-order chi connectivity index (χ0) is 19.9. The van der Waals surface area contributed by atoms with Crippen LogP contribution < -0.4 is 3.27 Å². The molecule has 0 aliphatic heterocycles. The molecule has 0 amide bonds. The molecule has 3 aliphatic carbocycles. The first-order valence-electron chi connectivity index (χ1n) is 11.3. The Hall–Kier alpha value is -1.05. The minimum absolute atomic E-state index is 0. The summed E-state index contributed by atoms with van der Waals surface area (Å²) in [5.41, 5.74) is 9.19. The van der Waals surface area contributed by atoms with E-state index in [2.05, 4.69) is 71.4 Å². The predicted octanol–water partition coefficient (Wildman–Crippen LogP) is 7.91. The molecule has 1 aromatic heterocycles. The Bertz CT molecular complexity index is 1210. The van der Waals surface area contributed by atoms with Gasteiger partial charge < -0.3 is 0 Å². The molecule has 0 unspecified atom stereocenters. The smallest absolute Gasteiger partial charge is 0.147 e. The number of thiophene rings is 1. The van der Waals surface area contributed by atoms with Crippen LogP contribution in [0.1, 0.15) is 55.2 Å². The first-order chi connectivity index (χ1) is 14.9. The van der Waals surface area contributed by atoms with Crippen LogP contribution in [-0.4, -0.2) is 3.21 Å². The van der Waals surface area contributed by atoms with Crippen LogP contribution in [0.3, 0.4) is 0 Å². The molecule has 0 atom stereocenters. The maximum absolute atomic E-state index is 2.53. The van der Waals surface area contributed by atoms with Crippen LogP contribution in [-0.2, 0) is 27.7 Å². The second-order valence-electron chi connectivity index (χ2n) is 8.72. The Morgan fingerprint density at radius 3 is 2.44 bits per heavy atom. The number of hydrogen-bond donors (Lipinski definition) is 0. The molecule has 0 spiro atoms. The molecule has 0 nitrogen and oxygen atoms in total. The van der Waals surface area contributed by atoms with Crippen LogP contribution >= 0.6 is 36.2 Å². The minimum Gasteiger partial charge on any atom is -0.147 e. The van der Waals surface area contributed by atoms with Crippen molar-refractivity contribution in [1.29, 1.82) is 0 Å². The Morgan fingerprint density at radius 1 is 0.812 bits per heavy atom. The molecule has 0 N–H and O–H groups in total. The molecule has 0 radical (unpaired) electrons. The maximum Gasteiger partial charge on any atom is -0.147 e. The Morgan fingerprint density at radius 2 is 1.62 bits per heavy atom. The molecular formula is C28H28Cl2SZr. The van der Waals surface area contributed by atoms with Gasteiger partial charge >= 0.3 is 192 Å². The maximum atomic E-state index is 2.53. The molecule has 164 valence electrons. The summed E-state index contributed by atoms with van der Waals surface area (Å²) >= 11 is -0.301. The zero-order valence-corrected chi connectivity index (χ0v) is 23.0. The van der Waals surface area contributed by atoms with Gasteiger partial charge in [0.1, 0.15) is 0 Å². The Kier molecular flexibility index (Phi) is 7.89. The van der Waals surface area contributed by atoms with Crippen LogP contribution in [0.2, 0.25) is 0 Å². The van der Waals surface area contributed by atoms with E-state index in [4.69, 9.17) is 0 Å². The fraction of sp³-hybridized carbons (Fsp3) is 0.250. The molecule has 32 heavy (non-hydrogen) atoms. The van der Waals surface area contributed by atoms with Gasteiger partial charge in [0.05, 0.1) is 0 Å². The largest absolute Gasteiger partial charge is 0.147 e. The fourth-order valence-electron chi connectivity index (χ4n) is 5.62. The quantitative estimate of drug-likeness (QED) is 0.240. The second-order valence-corrected chi connectivity index (χ2v) is 15.9. The van der Waals surface area contributed by atoms with Gasteiger partial charge in [0, 0.05) is 0 Å². The van der Waals surface area contributed by atoms with E-state index in [0.717, 1.165) is 6.42 Å². The first kappa shape index (κ1) is 24.1. The van der Waals surface area contributed by atoms with Crippen molar-refractivity contribution in [2.75, 3.05) is 0 Å². The van der Waals surface area contributed by atoms with Crippen LogP contribution in [0, 0.1) is 0 Å². The molecule has 1 fully saturated rings. The topological polar surface area (TPSA) is 0 Å². The van der Waals surface area contributed by atoms with Crippen molar-refractivity contribution >= 4 is 48.2 Å². The van der Waals surface area contributed by atoms with Crippen LogP contribution in [0.5, 0.6) is 0 Å². The van der Waals surface area contributed by atoms with E-state index in [1.165, 1.54) is 60.8 Å². The van der Waals surface area contributed by atoms with E-state index in [1.807, 2.05) is 17.8 Å². The van der Waals surface area contributed by atoms with Crippen LogP contribution in [0.4, 0.5) is 0 Å². The molecule has 0 bridgehead atoms. The molecule has 2 aromatic carbocycles. The third-order valence-corrected chi connectivity index (χ3v) is 15.8. The van der Waals surface area contributed by atoms with Crippen molar-refractivity contribution in [3.05, 3.63) is 91.4 Å². The average Bonchev–Trinajstić information content (AvgIpc) is 3.54. The Labute approximate surface area is 215 Å². The van der Waals surface area contributed by atoms with Gasteiger partial charge in [-0.15, -0.1) is 24.8 Å². The number of fused-ring (bicyclic) bond motifs is 3. The van der Waals surface area contributed by atoms with Crippen molar-refractivity contribution in [1.82, 2.24) is 0 Å². The summed E-state index contributed by atoms with van der Waals surface area (Å²) in [6.07, 6.45) is 14.2. The summed E-state index contributed by atoms with van der Waals surface area (Å²) in [7, 11) is 0. The van der Waals surface area contributed by atoms with Gasteiger partial charge in [0.25, 0.3) is 0 Å². The molecule has 1 saturated carbocycles. The van der Waals surface area contributed by atoms with E-state index in [-0.39, 0.29) is 24.8 Å². The second kappa shape index (κ2) is 10.5. The molecule has 1 heterocycles. The van der Waals surface area contributed by atoms with Gasteiger partial charge in [-0.3, -0.25) is 0 Å². The number of rotatable bonds is 3. The number of halogens is 2. The van der Waals surface area contributed by atoms with E-state index in [9.17, 15) is 0 Å². The van der Waals surface area contributed by atoms with Crippen molar-refractivity contribution < 1.29 is 21.3 Å². The molecule has 0 saturated heterocycles. The summed E-state index contributed by atoms with van der Waals surface area (Å²) in [6.45, 7) is 0. The van der Waals surface area contributed by atoms with Gasteiger partial charge in [-0.2, -0.15) is 0 Å². The fourth-order valence-corrected chi connectivity index (χ4v) is 15.1. The third kappa shape index (κ3) is 4.25. The molecule has 4 heteroatoms.